The summed E-state index contributed by atoms with van der Waals surface area (Å²) in [6.07, 6.45) is 5.84. The van der Waals surface area contributed by atoms with Gasteiger partial charge in [-0.15, -0.1) is 0 Å². The normalized spacial score (nSPS) is 20.6. The predicted molar refractivity (Wildman–Crippen MR) is 140 cm³/mol. The number of benzene rings is 2. The smallest absolute Gasteiger partial charge is 0.416 e. The number of nitrogens with zero attached hydrogens (tertiary/aromatic N) is 3. The summed E-state index contributed by atoms with van der Waals surface area (Å²) >= 11 is 0. The number of ether oxygens (including phenoxy) is 1. The van der Waals surface area contributed by atoms with Crippen LogP contribution in [-0.4, -0.2) is 58.6 Å². The molecule has 6 rings (SSSR count). The van der Waals surface area contributed by atoms with Crippen LogP contribution in [0.3, 0.4) is 0 Å². The minimum absolute atomic E-state index is 0.213. The van der Waals surface area contributed by atoms with Crippen molar-refractivity contribution in [2.24, 2.45) is 0 Å². The zero-order chi connectivity index (χ0) is 26.3. The van der Waals surface area contributed by atoms with Crippen LogP contribution in [0.4, 0.5) is 13.2 Å². The van der Waals surface area contributed by atoms with Gasteiger partial charge in [0.05, 0.1) is 5.56 Å². The highest BCUT2D eigenvalue weighted by molar-refractivity contribution is 5.94. The van der Waals surface area contributed by atoms with E-state index in [2.05, 4.69) is 39.9 Å². The number of hydrogen-bond donors (Lipinski definition) is 0. The highest BCUT2D eigenvalue weighted by Crippen LogP contribution is 2.33. The van der Waals surface area contributed by atoms with Crippen LogP contribution in [0.15, 0.2) is 54.7 Å². The van der Waals surface area contributed by atoms with E-state index in [4.69, 9.17) is 4.74 Å². The molecule has 5 nitrogen and oxygen atoms in total. The number of piperidine rings is 2. The third-order valence-electron chi connectivity index (χ3n) is 8.67. The van der Waals surface area contributed by atoms with Crippen molar-refractivity contribution in [1.82, 2.24) is 14.4 Å². The van der Waals surface area contributed by atoms with Gasteiger partial charge in [0.25, 0.3) is 5.91 Å². The summed E-state index contributed by atoms with van der Waals surface area (Å²) in [6, 6.07) is 14.0. The fourth-order valence-electron chi connectivity index (χ4n) is 6.17. The maximum atomic E-state index is 12.9. The SMILES string of the molecule is O=C(c1ccc(C(F)(F)F)cc1)N1CCC(n2ccc3cc(OC4CCN(C5CCC5)CC4)ccc32)CC1. The van der Waals surface area contributed by atoms with Crippen molar-refractivity contribution in [3.05, 3.63) is 65.9 Å². The van der Waals surface area contributed by atoms with Gasteiger partial charge in [0, 0.05) is 60.9 Å². The zero-order valence-electron chi connectivity index (χ0n) is 21.5. The minimum Gasteiger partial charge on any atom is -0.490 e. The second kappa shape index (κ2) is 10.3. The summed E-state index contributed by atoms with van der Waals surface area (Å²) in [7, 11) is 0. The Labute approximate surface area is 221 Å². The first-order valence-corrected chi connectivity index (χ1v) is 13.8. The molecule has 1 saturated carbocycles. The van der Waals surface area contributed by atoms with E-state index < -0.39 is 11.7 Å². The van der Waals surface area contributed by atoms with Crippen molar-refractivity contribution in [3.8, 4) is 5.75 Å². The van der Waals surface area contributed by atoms with E-state index in [0.29, 0.717) is 18.7 Å². The fraction of sp³-hybridized carbons (Fsp3) is 0.500. The van der Waals surface area contributed by atoms with Crippen molar-refractivity contribution in [1.29, 1.82) is 0 Å². The second-order valence-corrected chi connectivity index (χ2v) is 11.0. The van der Waals surface area contributed by atoms with Crippen LogP contribution in [0, 0.1) is 0 Å². The first-order chi connectivity index (χ1) is 18.3. The first kappa shape index (κ1) is 25.3. The number of alkyl halides is 3. The van der Waals surface area contributed by atoms with E-state index in [-0.39, 0.29) is 18.1 Å². The summed E-state index contributed by atoms with van der Waals surface area (Å²) in [5.41, 5.74) is 0.712. The molecule has 3 aromatic rings. The quantitative estimate of drug-likeness (QED) is 0.380. The lowest BCUT2D eigenvalue weighted by Crippen LogP contribution is -2.46. The molecular formula is C30H34F3N3O2. The largest absolute Gasteiger partial charge is 0.490 e. The van der Waals surface area contributed by atoms with Gasteiger partial charge < -0.3 is 19.1 Å². The standard InChI is InChI=1S/C30H34F3N3O2/c31-30(32,33)23-6-4-21(5-7-23)29(37)35-15-11-25(12-16-35)36-19-10-22-20-27(8-9-28(22)36)38-26-13-17-34(18-14-26)24-2-1-3-24/h4-10,19-20,24-26H,1-3,11-18H2. The van der Waals surface area contributed by atoms with Crippen molar-refractivity contribution in [3.63, 3.8) is 0 Å². The van der Waals surface area contributed by atoms with Crippen LogP contribution in [0.25, 0.3) is 10.9 Å². The molecule has 3 heterocycles. The number of amides is 1. The van der Waals surface area contributed by atoms with E-state index in [1.165, 1.54) is 31.4 Å². The highest BCUT2D eigenvalue weighted by atomic mass is 19.4. The molecule has 2 aromatic carbocycles. The molecule has 8 heteroatoms. The van der Waals surface area contributed by atoms with Gasteiger partial charge in [0.1, 0.15) is 11.9 Å². The number of halogens is 3. The van der Waals surface area contributed by atoms with Gasteiger partial charge in [-0.2, -0.15) is 13.2 Å². The molecule has 0 atom stereocenters. The molecule has 0 N–H and O–H groups in total. The molecule has 0 bridgehead atoms. The molecule has 2 saturated heterocycles. The van der Waals surface area contributed by atoms with Crippen LogP contribution in [-0.2, 0) is 6.18 Å². The lowest BCUT2D eigenvalue weighted by molar-refractivity contribution is -0.137. The molecule has 1 amide bonds. The maximum Gasteiger partial charge on any atom is 0.416 e. The van der Waals surface area contributed by atoms with Gasteiger partial charge in [-0.1, -0.05) is 6.42 Å². The van der Waals surface area contributed by atoms with Crippen LogP contribution in [0.1, 0.15) is 66.9 Å². The van der Waals surface area contributed by atoms with Gasteiger partial charge in [-0.25, -0.2) is 0 Å². The van der Waals surface area contributed by atoms with Crippen LogP contribution in [0.5, 0.6) is 5.75 Å². The summed E-state index contributed by atoms with van der Waals surface area (Å²) in [5, 5.41) is 1.15. The monoisotopic (exact) mass is 525 g/mol. The first-order valence-electron chi connectivity index (χ1n) is 13.8. The number of fused-ring (bicyclic) bond motifs is 1. The Hall–Kier alpha value is -3.00. The number of carbonyl (C=O) groups excluding carboxylic acids is 1. The third-order valence-corrected chi connectivity index (χ3v) is 8.67. The minimum atomic E-state index is -4.40. The Bertz CT molecular complexity index is 1270. The summed E-state index contributed by atoms with van der Waals surface area (Å²) in [6.45, 7) is 3.41. The van der Waals surface area contributed by atoms with E-state index >= 15 is 0 Å². The van der Waals surface area contributed by atoms with Crippen molar-refractivity contribution in [2.45, 2.75) is 69.3 Å². The Morgan fingerprint density at radius 3 is 2.16 bits per heavy atom. The molecule has 0 spiro atoms. The Balaban J connectivity index is 1.04. The average Bonchev–Trinajstić information content (AvgIpc) is 3.31. The number of hydrogen-bond acceptors (Lipinski definition) is 3. The number of aromatic nitrogens is 1. The molecule has 3 fully saturated rings. The molecule has 3 aliphatic rings. The van der Waals surface area contributed by atoms with Gasteiger partial charge in [0.2, 0.25) is 0 Å². The van der Waals surface area contributed by atoms with E-state index in [1.54, 1.807) is 4.90 Å². The average molecular weight is 526 g/mol. The number of rotatable bonds is 5. The molecule has 0 unspecified atom stereocenters. The Morgan fingerprint density at radius 1 is 0.816 bits per heavy atom. The zero-order valence-corrected chi connectivity index (χ0v) is 21.5. The molecule has 1 aliphatic carbocycles. The van der Waals surface area contributed by atoms with Gasteiger partial charge in [-0.05, 0) is 87.1 Å². The van der Waals surface area contributed by atoms with Gasteiger partial charge in [0.15, 0.2) is 0 Å². The maximum absolute atomic E-state index is 12.9. The van der Waals surface area contributed by atoms with Crippen LogP contribution < -0.4 is 4.74 Å². The Morgan fingerprint density at radius 2 is 1.53 bits per heavy atom. The van der Waals surface area contributed by atoms with E-state index in [0.717, 1.165) is 73.6 Å². The summed E-state index contributed by atoms with van der Waals surface area (Å²) in [5.74, 6) is 0.712. The van der Waals surface area contributed by atoms with E-state index in [9.17, 15) is 18.0 Å². The molecular weight excluding hydrogens is 491 g/mol. The second-order valence-electron chi connectivity index (χ2n) is 11.0. The summed E-state index contributed by atoms with van der Waals surface area (Å²) in [4.78, 5) is 17.2. The van der Waals surface area contributed by atoms with Crippen LogP contribution >= 0.6 is 0 Å². The number of likely N-dealkylation sites (tertiary alicyclic amines) is 2. The Kier molecular flexibility index (Phi) is 6.84. The van der Waals surface area contributed by atoms with Crippen molar-refractivity contribution < 1.29 is 22.7 Å². The van der Waals surface area contributed by atoms with Crippen molar-refractivity contribution in [2.75, 3.05) is 26.2 Å². The third kappa shape index (κ3) is 5.15. The fourth-order valence-corrected chi connectivity index (χ4v) is 6.17. The molecule has 202 valence electrons. The van der Waals surface area contributed by atoms with Gasteiger partial charge >= 0.3 is 6.18 Å². The molecule has 38 heavy (non-hydrogen) atoms. The van der Waals surface area contributed by atoms with Gasteiger partial charge in [-0.3, -0.25) is 4.79 Å². The number of carbonyl (C=O) groups is 1. The predicted octanol–water partition coefficient (Wildman–Crippen LogP) is 6.53. The van der Waals surface area contributed by atoms with Crippen molar-refractivity contribution >= 4 is 16.8 Å². The summed E-state index contributed by atoms with van der Waals surface area (Å²) < 4.78 is 47.2. The topological polar surface area (TPSA) is 37.7 Å². The molecule has 1 aromatic heterocycles. The van der Waals surface area contributed by atoms with E-state index in [1.807, 2.05) is 0 Å². The van der Waals surface area contributed by atoms with Crippen LogP contribution in [0.2, 0.25) is 0 Å². The lowest BCUT2D eigenvalue weighted by atomic mass is 9.90. The highest BCUT2D eigenvalue weighted by Gasteiger charge is 2.32. The molecule has 0 radical (unpaired) electrons. The molecule has 2 aliphatic heterocycles. The lowest BCUT2D eigenvalue weighted by Gasteiger charge is -2.41.